The fraction of sp³-hybridized carbons (Fsp3) is 0.533. The van der Waals surface area contributed by atoms with Crippen molar-refractivity contribution >= 4 is 31.0 Å². The average Bonchev–Trinajstić information content (AvgIpc) is 2.52. The Bertz CT molecular complexity index is 540. The summed E-state index contributed by atoms with van der Waals surface area (Å²) in [5.74, 6) is -2.12. The third kappa shape index (κ3) is 3.74. The number of carbonyl (C=O) groups is 1. The van der Waals surface area contributed by atoms with Crippen molar-refractivity contribution in [2.24, 2.45) is 5.92 Å². The van der Waals surface area contributed by atoms with Crippen molar-refractivity contribution in [3.63, 3.8) is 0 Å². The number of aliphatic hydroxyl groups excluding tert-OH is 3. The third-order valence-corrected chi connectivity index (χ3v) is 4.64. The lowest BCUT2D eigenvalue weighted by atomic mass is 9.71. The summed E-state index contributed by atoms with van der Waals surface area (Å²) in [5, 5.41) is 40.4. The Kier molecular flexibility index (Phi) is 6.12. The van der Waals surface area contributed by atoms with Crippen molar-refractivity contribution in [3.8, 4) is 0 Å². The van der Waals surface area contributed by atoms with Gasteiger partial charge in [0.25, 0.3) is 0 Å². The maximum atomic E-state index is 12.1. The molecule has 6 nitrogen and oxygen atoms in total. The highest BCUT2D eigenvalue weighted by molar-refractivity contribution is 7.99. The summed E-state index contributed by atoms with van der Waals surface area (Å²) in [7, 11) is 0. The zero-order valence-corrected chi connectivity index (χ0v) is 14.0. The first kappa shape index (κ1) is 18.7. The van der Waals surface area contributed by atoms with Gasteiger partial charge < -0.3 is 25.2 Å². The molecule has 5 unspecified atom stereocenters. The van der Waals surface area contributed by atoms with Gasteiger partial charge in [0.2, 0.25) is 0 Å². The Morgan fingerprint density at radius 2 is 1.78 bits per heavy atom. The van der Waals surface area contributed by atoms with E-state index in [9.17, 15) is 25.2 Å². The first-order valence-corrected chi connectivity index (χ1v) is 8.10. The summed E-state index contributed by atoms with van der Waals surface area (Å²) in [6, 6.07) is 9.14. The van der Waals surface area contributed by atoms with E-state index in [0.29, 0.717) is 0 Å². The minimum Gasteiger partial charge on any atom is -0.387 e. The largest absolute Gasteiger partial charge is 0.387 e. The van der Waals surface area contributed by atoms with Crippen LogP contribution in [0, 0.1) is 5.92 Å². The van der Waals surface area contributed by atoms with Crippen LogP contribution < -0.4 is 0 Å². The minimum absolute atomic E-state index is 0.152. The monoisotopic (exact) mass is 360 g/mol. The van der Waals surface area contributed by atoms with Crippen LogP contribution >= 0.6 is 25.3 Å². The Morgan fingerprint density at radius 3 is 2.35 bits per heavy atom. The van der Waals surface area contributed by atoms with Crippen LogP contribution in [0.5, 0.6) is 0 Å². The summed E-state index contributed by atoms with van der Waals surface area (Å²) >= 11 is 8.08. The summed E-state index contributed by atoms with van der Waals surface area (Å²) in [5.41, 5.74) is -1.25. The van der Waals surface area contributed by atoms with Crippen LogP contribution in [0.3, 0.4) is 0 Å². The predicted octanol–water partition coefficient (Wildman–Crippen LogP) is -0.598. The van der Waals surface area contributed by atoms with E-state index in [4.69, 9.17) is 4.74 Å². The van der Waals surface area contributed by atoms with Crippen LogP contribution in [0.4, 0.5) is 0 Å². The van der Waals surface area contributed by atoms with Crippen molar-refractivity contribution in [2.45, 2.75) is 35.1 Å². The van der Waals surface area contributed by atoms with E-state index >= 15 is 0 Å². The molecule has 1 aliphatic carbocycles. The molecule has 0 heterocycles. The molecule has 1 aromatic rings. The molecular formula is C15H20O6S2. The second-order valence-electron chi connectivity index (χ2n) is 5.64. The van der Waals surface area contributed by atoms with E-state index in [1.54, 1.807) is 0 Å². The van der Waals surface area contributed by atoms with Crippen LogP contribution in [-0.4, -0.2) is 61.3 Å². The molecule has 0 aliphatic heterocycles. The highest BCUT2D eigenvalue weighted by Crippen LogP contribution is 2.38. The van der Waals surface area contributed by atoms with E-state index in [-0.39, 0.29) is 6.61 Å². The Morgan fingerprint density at radius 1 is 1.17 bits per heavy atom. The number of hydrogen-bond donors (Lipinski definition) is 6. The van der Waals surface area contributed by atoms with Gasteiger partial charge in [0, 0.05) is 0 Å². The van der Waals surface area contributed by atoms with Gasteiger partial charge in [-0.2, -0.15) is 25.3 Å². The van der Waals surface area contributed by atoms with Crippen molar-refractivity contribution in [1.82, 2.24) is 0 Å². The summed E-state index contributed by atoms with van der Waals surface area (Å²) < 4.78 is 4.48. The molecule has 0 amide bonds. The molecule has 5 atom stereocenters. The molecule has 0 saturated heterocycles. The van der Waals surface area contributed by atoms with Gasteiger partial charge in [-0.3, -0.25) is 4.79 Å². The van der Waals surface area contributed by atoms with Crippen LogP contribution in [0.2, 0.25) is 0 Å². The molecule has 2 rings (SSSR count). The highest BCUT2D eigenvalue weighted by atomic mass is 32.2. The average molecular weight is 360 g/mol. The maximum Gasteiger partial charge on any atom is 0.172 e. The summed E-state index contributed by atoms with van der Waals surface area (Å²) in [6.45, 7) is -0.264. The second-order valence-corrected chi connectivity index (χ2v) is 7.16. The molecule has 128 valence electrons. The number of carbonyl (C=O) groups excluding carboxylic acids is 1. The van der Waals surface area contributed by atoms with Crippen molar-refractivity contribution in [1.29, 1.82) is 0 Å². The fourth-order valence-electron chi connectivity index (χ4n) is 2.74. The van der Waals surface area contributed by atoms with Gasteiger partial charge in [0.05, 0.1) is 23.7 Å². The molecule has 0 aromatic heterocycles. The summed E-state index contributed by atoms with van der Waals surface area (Å²) in [4.78, 5) is 12.1. The molecule has 23 heavy (non-hydrogen) atoms. The summed E-state index contributed by atoms with van der Waals surface area (Å²) in [6.07, 6.45) is -5.37. The van der Waals surface area contributed by atoms with E-state index < -0.39 is 46.8 Å². The molecule has 1 aromatic carbocycles. The first-order valence-electron chi connectivity index (χ1n) is 7.07. The van der Waals surface area contributed by atoms with Crippen molar-refractivity contribution in [3.05, 3.63) is 35.9 Å². The molecule has 4 N–H and O–H groups in total. The van der Waals surface area contributed by atoms with E-state index in [2.05, 4.69) is 25.3 Å². The molecule has 1 aliphatic rings. The van der Waals surface area contributed by atoms with Crippen LogP contribution in [-0.2, 0) is 16.1 Å². The number of benzene rings is 1. The number of rotatable bonds is 5. The van der Waals surface area contributed by atoms with Gasteiger partial charge in [0.1, 0.15) is 23.9 Å². The van der Waals surface area contributed by atoms with Gasteiger partial charge in [-0.25, -0.2) is 0 Å². The first-order chi connectivity index (χ1) is 10.8. The Balaban J connectivity index is 2.15. The number of ketones is 1. The molecule has 0 radical (unpaired) electrons. The zero-order chi connectivity index (χ0) is 17.2. The van der Waals surface area contributed by atoms with E-state index in [1.807, 2.05) is 30.3 Å². The standard InChI is InChI=1S/C15H20O6S2/c16-10-9(14(22)23)15(20,13(19)12(18)11(10)17)7-21-6-8-4-2-1-3-5-8/h1-5,9,11-14,17-20,22-23H,6-7H2. The van der Waals surface area contributed by atoms with Gasteiger partial charge in [0.15, 0.2) is 5.78 Å². The lowest BCUT2D eigenvalue weighted by Gasteiger charge is -2.47. The quantitative estimate of drug-likeness (QED) is 0.309. The van der Waals surface area contributed by atoms with Crippen LogP contribution in [0.25, 0.3) is 0 Å². The zero-order valence-electron chi connectivity index (χ0n) is 12.2. The normalized spacial score (nSPS) is 34.8. The van der Waals surface area contributed by atoms with Gasteiger partial charge >= 0.3 is 0 Å². The molecule has 0 spiro atoms. The van der Waals surface area contributed by atoms with Crippen molar-refractivity contribution in [2.75, 3.05) is 6.61 Å². The van der Waals surface area contributed by atoms with Gasteiger partial charge in [-0.05, 0) is 5.56 Å². The molecule has 1 fully saturated rings. The highest BCUT2D eigenvalue weighted by Gasteiger charge is 2.59. The lowest BCUT2D eigenvalue weighted by molar-refractivity contribution is -0.221. The Hall–Kier alpha value is -0.610. The maximum absolute atomic E-state index is 12.1. The van der Waals surface area contributed by atoms with E-state index in [1.165, 1.54) is 0 Å². The number of thiol groups is 2. The Labute approximate surface area is 144 Å². The lowest BCUT2D eigenvalue weighted by Crippen LogP contribution is -2.69. The third-order valence-electron chi connectivity index (χ3n) is 4.04. The van der Waals surface area contributed by atoms with E-state index in [0.717, 1.165) is 5.56 Å². The topological polar surface area (TPSA) is 107 Å². The number of hydrogen-bond acceptors (Lipinski definition) is 8. The fourth-order valence-corrected chi connectivity index (χ4v) is 3.55. The molecule has 0 bridgehead atoms. The van der Waals surface area contributed by atoms with Gasteiger partial charge in [-0.15, -0.1) is 0 Å². The van der Waals surface area contributed by atoms with Crippen molar-refractivity contribution < 1.29 is 30.0 Å². The number of Topliss-reactive ketones (excluding diaryl/α,β-unsaturated/α-hetero) is 1. The van der Waals surface area contributed by atoms with Gasteiger partial charge in [-0.1, -0.05) is 30.3 Å². The predicted molar refractivity (Wildman–Crippen MR) is 89.3 cm³/mol. The molecular weight excluding hydrogens is 340 g/mol. The minimum atomic E-state index is -2.10. The molecule has 1 saturated carbocycles. The number of aliphatic hydroxyl groups is 4. The second kappa shape index (κ2) is 7.52. The SMILES string of the molecule is O=C1C(O)C(O)C(O)C(O)(COCc2ccccc2)C1C(S)S. The van der Waals surface area contributed by atoms with Crippen LogP contribution in [0.15, 0.2) is 30.3 Å². The molecule has 8 heteroatoms. The smallest absolute Gasteiger partial charge is 0.172 e. The van der Waals surface area contributed by atoms with Crippen LogP contribution in [0.1, 0.15) is 5.56 Å². The number of ether oxygens (including phenoxy) is 1.